The molecule has 0 bridgehead atoms. The second-order valence-corrected chi connectivity index (χ2v) is 5.45. The Morgan fingerprint density at radius 3 is 1.40 bits per heavy atom. The average molecular weight is 351 g/mol. The van der Waals surface area contributed by atoms with E-state index in [1.165, 1.54) is 24.3 Å². The molecule has 2 aromatic rings. The van der Waals surface area contributed by atoms with Gasteiger partial charge in [-0.05, 0) is 36.1 Å². The fourth-order valence-electron chi connectivity index (χ4n) is 2.15. The molecule has 0 radical (unpaired) electrons. The van der Waals surface area contributed by atoms with Crippen molar-refractivity contribution in [2.45, 2.75) is 39.5 Å². The Labute approximate surface area is 164 Å². The van der Waals surface area contributed by atoms with E-state index >= 15 is 0 Å². The first-order chi connectivity index (χ1) is 11.5. The van der Waals surface area contributed by atoms with Crippen LogP contribution in [0.4, 0.5) is 0 Å². The second kappa shape index (κ2) is 12.5. The van der Waals surface area contributed by atoms with E-state index in [1.54, 1.807) is 12.1 Å². The summed E-state index contributed by atoms with van der Waals surface area (Å²) in [6.07, 6.45) is 3.67. The molecule has 128 valence electrons. The third kappa shape index (κ3) is 8.70. The van der Waals surface area contributed by atoms with Crippen LogP contribution < -0.4 is 21.1 Å². The van der Waals surface area contributed by atoms with Gasteiger partial charge in [-0.3, -0.25) is 9.59 Å². The van der Waals surface area contributed by atoms with E-state index in [1.807, 2.05) is 26.0 Å². The van der Waals surface area contributed by atoms with Crippen LogP contribution in [0.25, 0.3) is 0 Å². The van der Waals surface area contributed by atoms with Crippen molar-refractivity contribution in [2.75, 3.05) is 0 Å². The molecule has 0 aliphatic rings. The van der Waals surface area contributed by atoms with Crippen LogP contribution in [-0.2, 0) is 12.8 Å². The van der Waals surface area contributed by atoms with E-state index in [0.29, 0.717) is 0 Å². The monoisotopic (exact) mass is 350 g/mol. The Kier molecular flexibility index (Phi) is 11.6. The maximum absolute atomic E-state index is 11.0. The molecule has 0 heterocycles. The third-order valence-electron chi connectivity index (χ3n) is 3.31. The van der Waals surface area contributed by atoms with Crippen molar-refractivity contribution < 1.29 is 10.2 Å². The van der Waals surface area contributed by atoms with Gasteiger partial charge in [-0.25, -0.2) is 0 Å². The summed E-state index contributed by atoms with van der Waals surface area (Å²) in [5.41, 5.74) is 1.04. The van der Waals surface area contributed by atoms with Gasteiger partial charge in [0.25, 0.3) is 0 Å². The first-order valence-corrected chi connectivity index (χ1v) is 8.08. The quantitative estimate of drug-likeness (QED) is 0.787. The molecule has 0 saturated carbocycles. The molecule has 2 rings (SSSR count). The van der Waals surface area contributed by atoms with Gasteiger partial charge in [0.2, 0.25) is 0 Å². The molecular weight excluding hydrogens is 329 g/mol. The molecule has 0 aliphatic heterocycles. The summed E-state index contributed by atoms with van der Waals surface area (Å²) in [6.45, 7) is 4.07. The van der Waals surface area contributed by atoms with Crippen LogP contribution in [0.5, 0.6) is 11.5 Å². The van der Waals surface area contributed by atoms with E-state index in [-0.39, 0.29) is 23.1 Å². The number of aryl methyl sites for hydroxylation is 2. The molecule has 0 amide bonds. The van der Waals surface area contributed by atoms with E-state index in [9.17, 15) is 19.8 Å². The molecule has 0 aromatic heterocycles. The topological polar surface area (TPSA) is 80.3 Å². The molecule has 0 aliphatic carbocycles. The average Bonchev–Trinajstić information content (AvgIpc) is 2.79. The Hall–Kier alpha value is -1.85. The first-order valence-electron chi connectivity index (χ1n) is 8.08. The number of hydrogen-bond acceptors (Lipinski definition) is 4. The molecule has 0 N–H and O–H groups in total. The summed E-state index contributed by atoms with van der Waals surface area (Å²) in [6, 6.07) is 12.3. The minimum absolute atomic E-state index is 0. The summed E-state index contributed by atoms with van der Waals surface area (Å²) in [5.74, 6) is -0.866. The van der Waals surface area contributed by atoms with Gasteiger partial charge in [0.15, 0.2) is 10.9 Å². The molecule has 2 aromatic carbocycles. The van der Waals surface area contributed by atoms with Crippen molar-refractivity contribution in [3.63, 3.8) is 0 Å². The molecule has 0 unspecified atom stereocenters. The van der Waals surface area contributed by atoms with Gasteiger partial charge in [-0.2, -0.15) is 0 Å². The van der Waals surface area contributed by atoms with E-state index in [0.717, 1.165) is 36.8 Å². The second-order valence-electron chi connectivity index (χ2n) is 5.45. The van der Waals surface area contributed by atoms with Gasteiger partial charge < -0.3 is 10.2 Å². The summed E-state index contributed by atoms with van der Waals surface area (Å²) in [5, 5.41) is 21.7. The Bertz CT molecular complexity index is 709. The Balaban J connectivity index is 0.000000443. The zero-order valence-corrected chi connectivity index (χ0v) is 16.2. The van der Waals surface area contributed by atoms with Crippen LogP contribution in [-0.4, -0.2) is 23.1 Å². The standard InChI is InChI=1S/2C10H12O2.Mg/c2*1-2-4-8-5-3-6-9(11)10(12)7-8;/h2*3,5-7H,2,4H2,1H3,(H,11,12);/q;;+2/p-2. The number of hydrogen-bond donors (Lipinski definition) is 0. The van der Waals surface area contributed by atoms with Crippen molar-refractivity contribution >= 4 is 23.1 Å². The summed E-state index contributed by atoms with van der Waals surface area (Å²) in [7, 11) is 0. The van der Waals surface area contributed by atoms with E-state index in [4.69, 9.17) is 0 Å². The fourth-order valence-corrected chi connectivity index (χ4v) is 2.15. The first kappa shape index (κ1) is 23.1. The molecular formula is C20H22MgO4. The molecule has 0 spiro atoms. The van der Waals surface area contributed by atoms with Crippen molar-refractivity contribution in [3.8, 4) is 11.5 Å². The van der Waals surface area contributed by atoms with Crippen molar-refractivity contribution in [2.24, 2.45) is 0 Å². The van der Waals surface area contributed by atoms with Crippen molar-refractivity contribution in [3.05, 3.63) is 80.1 Å². The normalized spacial score (nSPS) is 9.36. The van der Waals surface area contributed by atoms with Gasteiger partial charge in [0.05, 0.1) is 0 Å². The van der Waals surface area contributed by atoms with Gasteiger partial charge in [0, 0.05) is 0 Å². The minimum atomic E-state index is -0.433. The van der Waals surface area contributed by atoms with Crippen LogP contribution in [0.1, 0.15) is 37.8 Å². The molecule has 0 saturated heterocycles. The molecule has 4 nitrogen and oxygen atoms in total. The fraction of sp³-hybridized carbons (Fsp3) is 0.300. The zero-order chi connectivity index (χ0) is 17.9. The van der Waals surface area contributed by atoms with Crippen LogP contribution in [0.2, 0.25) is 0 Å². The van der Waals surface area contributed by atoms with Crippen LogP contribution in [0, 0.1) is 0 Å². The molecule has 5 heteroatoms. The molecule has 0 atom stereocenters. The zero-order valence-electron chi connectivity index (χ0n) is 14.8. The van der Waals surface area contributed by atoms with Crippen LogP contribution in [0.15, 0.2) is 58.1 Å². The predicted octanol–water partition coefficient (Wildman–Crippen LogP) is 1.76. The SMILES string of the molecule is CCCc1cccc([O-])c(=O)c1.CCCc1cccc([O-])c(=O)c1.[Mg+2]. The van der Waals surface area contributed by atoms with Gasteiger partial charge in [-0.1, -0.05) is 74.6 Å². The van der Waals surface area contributed by atoms with Crippen LogP contribution >= 0.6 is 0 Å². The maximum atomic E-state index is 11.0. The molecule has 25 heavy (non-hydrogen) atoms. The van der Waals surface area contributed by atoms with Crippen molar-refractivity contribution in [1.82, 2.24) is 0 Å². The Morgan fingerprint density at radius 2 is 1.08 bits per heavy atom. The molecule has 0 fully saturated rings. The van der Waals surface area contributed by atoms with Gasteiger partial charge >= 0.3 is 23.1 Å². The largest absolute Gasteiger partial charge is 2.00 e. The maximum Gasteiger partial charge on any atom is 2.00 e. The van der Waals surface area contributed by atoms with E-state index < -0.39 is 22.4 Å². The number of rotatable bonds is 4. The van der Waals surface area contributed by atoms with Crippen molar-refractivity contribution in [1.29, 1.82) is 0 Å². The minimum Gasteiger partial charge on any atom is -0.870 e. The third-order valence-corrected chi connectivity index (χ3v) is 3.31. The Morgan fingerprint density at radius 1 is 0.720 bits per heavy atom. The summed E-state index contributed by atoms with van der Waals surface area (Å²) >= 11 is 0. The van der Waals surface area contributed by atoms with Gasteiger partial charge in [0.1, 0.15) is 0 Å². The van der Waals surface area contributed by atoms with Gasteiger partial charge in [-0.15, -0.1) is 0 Å². The summed E-state index contributed by atoms with van der Waals surface area (Å²) in [4.78, 5) is 22.0. The summed E-state index contributed by atoms with van der Waals surface area (Å²) < 4.78 is 0. The van der Waals surface area contributed by atoms with Crippen LogP contribution in [0.3, 0.4) is 0 Å². The smallest absolute Gasteiger partial charge is 0.870 e. The van der Waals surface area contributed by atoms with E-state index in [2.05, 4.69) is 0 Å². The predicted molar refractivity (Wildman–Crippen MR) is 98.1 cm³/mol.